The van der Waals surface area contributed by atoms with Gasteiger partial charge in [0.15, 0.2) is 0 Å². The SMILES string of the molecule is CS(=O)(=O)N(CC(=O)NCc1ccccc1)c1cccc2cccnc12. The molecule has 134 valence electrons. The molecule has 0 radical (unpaired) electrons. The number of carbonyl (C=O) groups is 1. The fourth-order valence-corrected chi connectivity index (χ4v) is 3.51. The number of amides is 1. The fourth-order valence-electron chi connectivity index (χ4n) is 2.65. The highest BCUT2D eigenvalue weighted by atomic mass is 32.2. The maximum Gasteiger partial charge on any atom is 0.241 e. The van der Waals surface area contributed by atoms with Gasteiger partial charge in [-0.1, -0.05) is 48.5 Å². The second-order valence-corrected chi connectivity index (χ2v) is 7.79. The summed E-state index contributed by atoms with van der Waals surface area (Å²) in [7, 11) is -3.65. The quantitative estimate of drug-likeness (QED) is 0.723. The van der Waals surface area contributed by atoms with Crippen LogP contribution in [0.15, 0.2) is 66.9 Å². The number of anilines is 1. The van der Waals surface area contributed by atoms with E-state index in [0.717, 1.165) is 21.5 Å². The monoisotopic (exact) mass is 369 g/mol. The van der Waals surface area contributed by atoms with Crippen molar-refractivity contribution in [3.05, 3.63) is 72.4 Å². The molecular formula is C19H19N3O3S. The van der Waals surface area contributed by atoms with Crippen molar-refractivity contribution in [3.63, 3.8) is 0 Å². The van der Waals surface area contributed by atoms with Gasteiger partial charge in [-0.2, -0.15) is 0 Å². The van der Waals surface area contributed by atoms with Crippen molar-refractivity contribution in [3.8, 4) is 0 Å². The topological polar surface area (TPSA) is 79.4 Å². The van der Waals surface area contributed by atoms with Crippen LogP contribution in [0.25, 0.3) is 10.9 Å². The van der Waals surface area contributed by atoms with E-state index in [1.165, 1.54) is 0 Å². The van der Waals surface area contributed by atoms with Gasteiger partial charge >= 0.3 is 0 Å². The summed E-state index contributed by atoms with van der Waals surface area (Å²) in [5.74, 6) is -0.382. The van der Waals surface area contributed by atoms with Gasteiger partial charge in [0.1, 0.15) is 6.54 Å². The molecule has 0 fully saturated rings. The zero-order chi connectivity index (χ0) is 18.6. The number of hydrogen-bond donors (Lipinski definition) is 1. The lowest BCUT2D eigenvalue weighted by Gasteiger charge is -2.23. The van der Waals surface area contributed by atoms with Gasteiger partial charge in [-0.15, -0.1) is 0 Å². The van der Waals surface area contributed by atoms with Crippen LogP contribution >= 0.6 is 0 Å². The number of aromatic nitrogens is 1. The Morgan fingerprint density at radius 3 is 2.50 bits per heavy atom. The number of nitrogens with zero attached hydrogens (tertiary/aromatic N) is 2. The molecule has 1 aromatic heterocycles. The molecule has 3 rings (SSSR count). The van der Waals surface area contributed by atoms with Crippen LogP contribution < -0.4 is 9.62 Å². The number of nitrogens with one attached hydrogen (secondary N) is 1. The normalized spacial score (nSPS) is 11.3. The first kappa shape index (κ1) is 17.9. The summed E-state index contributed by atoms with van der Waals surface area (Å²) in [6.45, 7) is 0.0341. The summed E-state index contributed by atoms with van der Waals surface area (Å²) in [5, 5.41) is 3.56. The summed E-state index contributed by atoms with van der Waals surface area (Å²) in [5.41, 5.74) is 1.87. The van der Waals surface area contributed by atoms with Crippen molar-refractivity contribution in [2.75, 3.05) is 17.1 Å². The van der Waals surface area contributed by atoms with E-state index in [9.17, 15) is 13.2 Å². The minimum absolute atomic E-state index is 0.304. The summed E-state index contributed by atoms with van der Waals surface area (Å²) in [6, 6.07) is 18.3. The van der Waals surface area contributed by atoms with Gasteiger partial charge in [-0.3, -0.25) is 14.1 Å². The molecule has 1 heterocycles. The number of sulfonamides is 1. The van der Waals surface area contributed by atoms with Crippen molar-refractivity contribution in [2.24, 2.45) is 0 Å². The van der Waals surface area contributed by atoms with Gasteiger partial charge in [0.25, 0.3) is 0 Å². The van der Waals surface area contributed by atoms with Crippen molar-refractivity contribution in [1.82, 2.24) is 10.3 Å². The number of carbonyl (C=O) groups excluding carboxylic acids is 1. The fraction of sp³-hybridized carbons (Fsp3) is 0.158. The van der Waals surface area contributed by atoms with Crippen LogP contribution in [-0.2, 0) is 21.4 Å². The van der Waals surface area contributed by atoms with Crippen molar-refractivity contribution in [2.45, 2.75) is 6.54 Å². The lowest BCUT2D eigenvalue weighted by atomic mass is 10.2. The number of para-hydroxylation sites is 1. The van der Waals surface area contributed by atoms with E-state index in [0.29, 0.717) is 17.7 Å². The van der Waals surface area contributed by atoms with E-state index in [2.05, 4.69) is 10.3 Å². The third-order valence-electron chi connectivity index (χ3n) is 3.90. The van der Waals surface area contributed by atoms with Gasteiger partial charge in [-0.25, -0.2) is 8.42 Å². The Morgan fingerprint density at radius 2 is 1.77 bits per heavy atom. The average molecular weight is 369 g/mol. The molecule has 0 atom stereocenters. The smallest absolute Gasteiger partial charge is 0.241 e. The molecule has 0 aliphatic carbocycles. The van der Waals surface area contributed by atoms with Crippen LogP contribution in [0.1, 0.15) is 5.56 Å². The molecule has 1 N–H and O–H groups in total. The molecule has 6 nitrogen and oxygen atoms in total. The van der Waals surface area contributed by atoms with E-state index in [4.69, 9.17) is 0 Å². The molecule has 2 aromatic carbocycles. The predicted octanol–water partition coefficient (Wildman–Crippen LogP) is 2.32. The van der Waals surface area contributed by atoms with E-state index in [1.807, 2.05) is 42.5 Å². The Bertz CT molecular complexity index is 1020. The van der Waals surface area contributed by atoms with Crippen molar-refractivity contribution >= 4 is 32.5 Å². The Balaban J connectivity index is 1.84. The Kier molecular flexibility index (Phi) is 5.18. The second-order valence-electron chi connectivity index (χ2n) is 5.88. The molecule has 1 amide bonds. The highest BCUT2D eigenvalue weighted by Crippen LogP contribution is 2.26. The Hall–Kier alpha value is -2.93. The lowest BCUT2D eigenvalue weighted by molar-refractivity contribution is -0.119. The summed E-state index contributed by atoms with van der Waals surface area (Å²) >= 11 is 0. The largest absolute Gasteiger partial charge is 0.350 e. The predicted molar refractivity (Wildman–Crippen MR) is 102 cm³/mol. The van der Waals surface area contributed by atoms with Gasteiger partial charge in [-0.05, 0) is 17.7 Å². The number of pyridine rings is 1. The molecule has 3 aromatic rings. The highest BCUT2D eigenvalue weighted by molar-refractivity contribution is 7.92. The van der Waals surface area contributed by atoms with E-state index >= 15 is 0 Å². The van der Waals surface area contributed by atoms with Crippen LogP contribution in [-0.4, -0.2) is 32.1 Å². The van der Waals surface area contributed by atoms with Crippen LogP contribution in [0.3, 0.4) is 0 Å². The van der Waals surface area contributed by atoms with Crippen molar-refractivity contribution in [1.29, 1.82) is 0 Å². The summed E-state index contributed by atoms with van der Waals surface area (Å²) in [6.07, 6.45) is 2.68. The van der Waals surface area contributed by atoms with Gasteiger partial charge < -0.3 is 5.32 Å². The summed E-state index contributed by atoms with van der Waals surface area (Å²) < 4.78 is 25.7. The average Bonchev–Trinajstić information content (AvgIpc) is 2.64. The Morgan fingerprint density at radius 1 is 1.04 bits per heavy atom. The van der Waals surface area contributed by atoms with E-state index in [-0.39, 0.29) is 12.5 Å². The van der Waals surface area contributed by atoms with Gasteiger partial charge in [0.05, 0.1) is 17.5 Å². The number of fused-ring (bicyclic) bond motifs is 1. The molecule has 0 bridgehead atoms. The van der Waals surface area contributed by atoms with Crippen molar-refractivity contribution < 1.29 is 13.2 Å². The molecule has 0 saturated carbocycles. The molecular weight excluding hydrogens is 350 g/mol. The number of hydrogen-bond acceptors (Lipinski definition) is 4. The third-order valence-corrected chi connectivity index (χ3v) is 5.03. The molecule has 7 heteroatoms. The first-order valence-corrected chi connectivity index (χ1v) is 9.92. The standard InChI is InChI=1S/C19H19N3O3S/c1-26(24,25)22(14-18(23)21-13-15-7-3-2-4-8-15)17-11-5-9-16-10-6-12-20-19(16)17/h2-12H,13-14H2,1H3,(H,21,23). The molecule has 0 aliphatic rings. The number of rotatable bonds is 6. The molecule has 0 unspecified atom stereocenters. The van der Waals surface area contributed by atoms with E-state index < -0.39 is 10.0 Å². The zero-order valence-electron chi connectivity index (χ0n) is 14.3. The molecule has 0 saturated heterocycles. The van der Waals surface area contributed by atoms with E-state index in [1.54, 1.807) is 24.4 Å². The minimum atomic E-state index is -3.65. The maximum absolute atomic E-state index is 12.3. The minimum Gasteiger partial charge on any atom is -0.350 e. The Labute approximate surface area is 152 Å². The lowest BCUT2D eigenvalue weighted by Crippen LogP contribution is -2.40. The third kappa shape index (κ3) is 4.18. The van der Waals surface area contributed by atoms with Crippen LogP contribution in [0.4, 0.5) is 5.69 Å². The first-order valence-electron chi connectivity index (χ1n) is 8.07. The first-order chi connectivity index (χ1) is 12.4. The number of benzene rings is 2. The van der Waals surface area contributed by atoms with Crippen LogP contribution in [0, 0.1) is 0 Å². The molecule has 0 spiro atoms. The zero-order valence-corrected chi connectivity index (χ0v) is 15.1. The second kappa shape index (κ2) is 7.53. The summed E-state index contributed by atoms with van der Waals surface area (Å²) in [4.78, 5) is 16.6. The molecule has 0 aliphatic heterocycles. The van der Waals surface area contributed by atoms with Crippen LogP contribution in [0.2, 0.25) is 0 Å². The molecule has 26 heavy (non-hydrogen) atoms. The maximum atomic E-state index is 12.3. The van der Waals surface area contributed by atoms with Gasteiger partial charge in [0.2, 0.25) is 15.9 Å². The highest BCUT2D eigenvalue weighted by Gasteiger charge is 2.23. The van der Waals surface area contributed by atoms with Gasteiger partial charge in [0, 0.05) is 18.1 Å². The van der Waals surface area contributed by atoms with Crippen LogP contribution in [0.5, 0.6) is 0 Å².